The number of aryl methyl sites for hydroxylation is 2. The Kier molecular flexibility index (Phi) is 11.3. The average Bonchev–Trinajstić information content (AvgIpc) is 3.96. The van der Waals surface area contributed by atoms with Gasteiger partial charge in [0.05, 0.1) is 83.1 Å². The Bertz CT molecular complexity index is 3300. The van der Waals surface area contributed by atoms with Crippen molar-refractivity contribution in [3.8, 4) is 45.3 Å². The molecule has 0 aliphatic heterocycles. The van der Waals surface area contributed by atoms with Gasteiger partial charge in [0, 0.05) is 19.8 Å². The van der Waals surface area contributed by atoms with Crippen LogP contribution >= 0.6 is 0 Å². The van der Waals surface area contributed by atoms with Crippen LogP contribution in [-0.2, 0) is 20.7 Å². The summed E-state index contributed by atoms with van der Waals surface area (Å²) in [4.78, 5) is 59.0. The van der Waals surface area contributed by atoms with E-state index in [9.17, 15) is 24.3 Å². The van der Waals surface area contributed by atoms with Crippen LogP contribution in [0.5, 0.6) is 0 Å². The second-order valence-electron chi connectivity index (χ2n) is 14.1. The van der Waals surface area contributed by atoms with E-state index < -0.39 is 23.5 Å². The molecule has 1 N–H and O–H groups in total. The number of aliphatic hydroxyl groups excluding tert-OH is 1. The summed E-state index contributed by atoms with van der Waals surface area (Å²) in [7, 11) is 2.89. The highest BCUT2D eigenvalue weighted by molar-refractivity contribution is 5.66. The molecule has 0 unspecified atom stereocenters. The molecule has 4 aromatic carbocycles. The molecule has 0 amide bonds. The smallest absolute Gasteiger partial charge is 0.335 e. The first-order valence-corrected chi connectivity index (χ1v) is 18.9. The van der Waals surface area contributed by atoms with Crippen LogP contribution in [0.15, 0.2) is 141 Å². The molecule has 302 valence electrons. The van der Waals surface area contributed by atoms with Gasteiger partial charge in [0.25, 0.3) is 11.1 Å². The summed E-state index contributed by atoms with van der Waals surface area (Å²) in [5.41, 5.74) is 6.00. The SMILES string of the molecule is [C-]#[N+]c1ccc(-n2nccc2-c2c(C)n(-c3cccc(C)c3)c(=O)n(C)c2=O)cc1.[C-]#[N+]c1ccc(-n2nccc2-c2c(CO)n(-c3cccc(C)c3)c(=O)n(C)c2=O)cc1. The van der Waals surface area contributed by atoms with Crippen molar-refractivity contribution in [3.63, 3.8) is 0 Å². The topological polar surface area (TPSA) is 153 Å². The molecule has 61 heavy (non-hydrogen) atoms. The van der Waals surface area contributed by atoms with Crippen molar-refractivity contribution in [2.45, 2.75) is 27.4 Å². The van der Waals surface area contributed by atoms with Gasteiger partial charge in [-0.15, -0.1) is 0 Å². The highest BCUT2D eigenvalue weighted by Crippen LogP contribution is 2.27. The number of aromatic nitrogens is 8. The number of rotatable bonds is 7. The van der Waals surface area contributed by atoms with Crippen LogP contribution in [0.4, 0.5) is 11.4 Å². The molecule has 15 nitrogen and oxygen atoms in total. The van der Waals surface area contributed by atoms with Crippen molar-refractivity contribution < 1.29 is 5.11 Å². The zero-order chi connectivity index (χ0) is 43.5. The standard InChI is InChI=1S/C23H19N5O3.C23H19N5O2/c1-15-5-4-6-18(13-15)27-20(14-29)21(22(30)26(3)23(27)31)19-11-12-25-28(19)17-9-7-16(24-2)8-10-17;1-15-6-5-7-19(14-15)27-16(2)21(22(29)26(4)23(27)30)20-12-13-25-28(20)18-10-8-17(24-3)9-11-18/h4-13,29H,14H2,1,3H3;5-14H,1-2,4H3. The molecule has 8 rings (SSSR count). The number of benzene rings is 4. The lowest BCUT2D eigenvalue weighted by Crippen LogP contribution is -2.40. The zero-order valence-corrected chi connectivity index (χ0v) is 33.8. The van der Waals surface area contributed by atoms with Gasteiger partial charge in [0.15, 0.2) is 11.4 Å². The Morgan fingerprint density at radius 3 is 1.43 bits per heavy atom. The lowest BCUT2D eigenvalue weighted by atomic mass is 10.1. The number of hydrogen-bond acceptors (Lipinski definition) is 7. The lowest BCUT2D eigenvalue weighted by molar-refractivity contribution is 0.272. The zero-order valence-electron chi connectivity index (χ0n) is 33.8. The average molecular weight is 811 g/mol. The Labute approximate surface area is 348 Å². The summed E-state index contributed by atoms with van der Waals surface area (Å²) in [5, 5.41) is 18.9. The van der Waals surface area contributed by atoms with E-state index in [0.717, 1.165) is 25.9 Å². The third kappa shape index (κ3) is 7.56. The molecule has 0 atom stereocenters. The molecule has 0 saturated carbocycles. The molecule has 0 radical (unpaired) electrons. The van der Waals surface area contributed by atoms with Gasteiger partial charge in [0.2, 0.25) is 0 Å². The number of nitrogens with zero attached hydrogens (tertiary/aromatic N) is 10. The number of hydrogen-bond donors (Lipinski definition) is 1. The molecule has 0 bridgehead atoms. The summed E-state index contributed by atoms with van der Waals surface area (Å²) in [6.45, 7) is 19.3. The highest BCUT2D eigenvalue weighted by Gasteiger charge is 2.24. The summed E-state index contributed by atoms with van der Waals surface area (Å²) in [6, 6.07) is 32.0. The van der Waals surface area contributed by atoms with Gasteiger partial charge >= 0.3 is 11.4 Å². The summed E-state index contributed by atoms with van der Waals surface area (Å²) in [6.07, 6.45) is 3.15. The van der Waals surface area contributed by atoms with E-state index in [1.165, 1.54) is 18.7 Å². The van der Waals surface area contributed by atoms with Crippen LogP contribution in [0, 0.1) is 33.9 Å². The second kappa shape index (κ2) is 16.8. The molecule has 0 aliphatic carbocycles. The predicted octanol–water partition coefficient (Wildman–Crippen LogP) is 6.30. The van der Waals surface area contributed by atoms with Gasteiger partial charge in [-0.3, -0.25) is 27.9 Å². The van der Waals surface area contributed by atoms with Crippen molar-refractivity contribution >= 4 is 11.4 Å². The normalized spacial score (nSPS) is 10.8. The van der Waals surface area contributed by atoms with Crippen molar-refractivity contribution in [1.29, 1.82) is 0 Å². The molecular weight excluding hydrogens is 773 g/mol. The Morgan fingerprint density at radius 1 is 0.557 bits per heavy atom. The number of aliphatic hydroxyl groups is 1. The molecular formula is C46H38N10O5. The third-order valence-electron chi connectivity index (χ3n) is 10.2. The third-order valence-corrected chi connectivity index (χ3v) is 10.2. The minimum Gasteiger partial charge on any atom is -0.390 e. The molecule has 0 saturated heterocycles. The van der Waals surface area contributed by atoms with Crippen LogP contribution < -0.4 is 22.5 Å². The maximum absolute atomic E-state index is 13.2. The molecule has 4 heterocycles. The molecule has 15 heteroatoms. The van der Waals surface area contributed by atoms with Crippen molar-refractivity contribution in [2.24, 2.45) is 14.1 Å². The van der Waals surface area contributed by atoms with Crippen LogP contribution in [0.1, 0.15) is 22.5 Å². The Hall–Kier alpha value is -8.40. The van der Waals surface area contributed by atoms with E-state index in [1.807, 2.05) is 56.3 Å². The van der Waals surface area contributed by atoms with E-state index in [2.05, 4.69) is 19.9 Å². The molecule has 4 aromatic heterocycles. The molecule has 8 aromatic rings. The first-order valence-electron chi connectivity index (χ1n) is 18.9. The van der Waals surface area contributed by atoms with E-state index in [-0.39, 0.29) is 16.8 Å². The van der Waals surface area contributed by atoms with Gasteiger partial charge in [-0.05, 0) is 92.6 Å². The van der Waals surface area contributed by atoms with E-state index in [0.29, 0.717) is 51.1 Å². The molecule has 0 fully saturated rings. The van der Waals surface area contributed by atoms with E-state index >= 15 is 0 Å². The largest absolute Gasteiger partial charge is 0.390 e. The fourth-order valence-corrected chi connectivity index (χ4v) is 7.11. The Balaban J connectivity index is 0.000000184. The minimum atomic E-state index is -0.545. The Morgan fingerprint density at radius 2 is 0.984 bits per heavy atom. The van der Waals surface area contributed by atoms with Crippen LogP contribution in [-0.4, -0.2) is 42.9 Å². The maximum Gasteiger partial charge on any atom is 0.335 e. The van der Waals surface area contributed by atoms with Crippen molar-refractivity contribution in [3.05, 3.63) is 209 Å². The first kappa shape index (κ1) is 40.8. The van der Waals surface area contributed by atoms with E-state index in [1.54, 1.807) is 100.0 Å². The van der Waals surface area contributed by atoms with Gasteiger partial charge in [-0.25, -0.2) is 28.6 Å². The van der Waals surface area contributed by atoms with Gasteiger partial charge in [0.1, 0.15) is 0 Å². The predicted molar refractivity (Wildman–Crippen MR) is 232 cm³/mol. The summed E-state index contributed by atoms with van der Waals surface area (Å²) < 4.78 is 8.23. The lowest BCUT2D eigenvalue weighted by Gasteiger charge is -2.18. The van der Waals surface area contributed by atoms with Gasteiger partial charge in [-0.1, -0.05) is 48.5 Å². The van der Waals surface area contributed by atoms with E-state index in [4.69, 9.17) is 13.1 Å². The van der Waals surface area contributed by atoms with Crippen LogP contribution in [0.2, 0.25) is 0 Å². The summed E-state index contributed by atoms with van der Waals surface area (Å²) in [5.74, 6) is 0. The van der Waals surface area contributed by atoms with Crippen molar-refractivity contribution in [2.75, 3.05) is 0 Å². The molecule has 0 aliphatic rings. The van der Waals surface area contributed by atoms with Crippen molar-refractivity contribution in [1.82, 2.24) is 37.8 Å². The quantitative estimate of drug-likeness (QED) is 0.186. The first-order chi connectivity index (χ1) is 29.4. The monoisotopic (exact) mass is 810 g/mol. The fourth-order valence-electron chi connectivity index (χ4n) is 7.11. The molecule has 0 spiro atoms. The second-order valence-corrected chi connectivity index (χ2v) is 14.1. The summed E-state index contributed by atoms with van der Waals surface area (Å²) >= 11 is 0. The minimum absolute atomic E-state index is 0.179. The van der Waals surface area contributed by atoms with Gasteiger partial charge < -0.3 is 5.11 Å². The van der Waals surface area contributed by atoms with Crippen LogP contribution in [0.3, 0.4) is 0 Å². The highest BCUT2D eigenvalue weighted by atomic mass is 16.3. The van der Waals surface area contributed by atoms with Gasteiger partial charge in [-0.2, -0.15) is 10.2 Å². The fraction of sp³-hybridized carbons (Fsp3) is 0.130. The maximum atomic E-state index is 13.2. The van der Waals surface area contributed by atoms with Crippen LogP contribution in [0.25, 0.3) is 55.0 Å².